The van der Waals surface area contributed by atoms with Crippen LogP contribution in [-0.2, 0) is 4.74 Å². The maximum atomic E-state index is 13.4. The molecule has 0 spiro atoms. The van der Waals surface area contributed by atoms with E-state index in [1.54, 1.807) is 0 Å². The fraction of sp³-hybridized carbons (Fsp3) is 1.00. The van der Waals surface area contributed by atoms with E-state index in [2.05, 4.69) is 0 Å². The van der Waals surface area contributed by atoms with Crippen LogP contribution in [0.4, 0.5) is 4.39 Å². The minimum atomic E-state index is -0.937. The molecule has 0 bridgehead atoms. The Morgan fingerprint density at radius 2 is 1.92 bits per heavy atom. The van der Waals surface area contributed by atoms with Gasteiger partial charge in [0.1, 0.15) is 6.17 Å². The molecule has 3 heteroatoms. The van der Waals surface area contributed by atoms with Crippen LogP contribution in [0.25, 0.3) is 0 Å². The van der Waals surface area contributed by atoms with Crippen molar-refractivity contribution in [1.29, 1.82) is 0 Å². The van der Waals surface area contributed by atoms with E-state index in [1.165, 1.54) is 0 Å². The first-order valence-electron chi connectivity index (χ1n) is 4.55. The highest BCUT2D eigenvalue weighted by Gasteiger charge is 2.39. The fourth-order valence-electron chi connectivity index (χ4n) is 1.59. The summed E-state index contributed by atoms with van der Waals surface area (Å²) >= 11 is 0. The second-order valence-electron chi connectivity index (χ2n) is 3.64. The van der Waals surface area contributed by atoms with Gasteiger partial charge in [-0.1, -0.05) is 20.8 Å². The highest BCUT2D eigenvalue weighted by molar-refractivity contribution is 4.83. The fourth-order valence-corrected chi connectivity index (χ4v) is 1.59. The molecule has 1 fully saturated rings. The zero-order valence-corrected chi connectivity index (χ0v) is 7.83. The van der Waals surface area contributed by atoms with Crippen LogP contribution in [0.15, 0.2) is 0 Å². The van der Waals surface area contributed by atoms with E-state index in [1.807, 2.05) is 20.8 Å². The number of halogens is 1. The molecule has 12 heavy (non-hydrogen) atoms. The number of ether oxygens (including phenoxy) is 1. The van der Waals surface area contributed by atoms with Crippen molar-refractivity contribution in [1.82, 2.24) is 0 Å². The first kappa shape index (κ1) is 9.93. The van der Waals surface area contributed by atoms with Crippen molar-refractivity contribution >= 4 is 0 Å². The van der Waals surface area contributed by atoms with Crippen LogP contribution in [-0.4, -0.2) is 23.7 Å². The van der Waals surface area contributed by atoms with E-state index in [-0.39, 0.29) is 11.8 Å². The molecular formula is C9H17FO2. The van der Waals surface area contributed by atoms with Gasteiger partial charge >= 0.3 is 0 Å². The number of aliphatic hydroxyl groups excluding tert-OH is 1. The summed E-state index contributed by atoms with van der Waals surface area (Å²) in [6.45, 7) is 5.50. The molecular weight excluding hydrogens is 159 g/mol. The van der Waals surface area contributed by atoms with Crippen LogP contribution in [0.5, 0.6) is 0 Å². The number of rotatable bonds is 1. The summed E-state index contributed by atoms with van der Waals surface area (Å²) in [5.74, 6) is -0.221. The van der Waals surface area contributed by atoms with E-state index in [0.717, 1.165) is 0 Å². The van der Waals surface area contributed by atoms with Crippen LogP contribution in [0.3, 0.4) is 0 Å². The van der Waals surface area contributed by atoms with Crippen LogP contribution in [0.2, 0.25) is 0 Å². The average molecular weight is 176 g/mol. The Morgan fingerprint density at radius 1 is 1.33 bits per heavy atom. The lowest BCUT2D eigenvalue weighted by atomic mass is 9.85. The molecule has 0 aliphatic carbocycles. The summed E-state index contributed by atoms with van der Waals surface area (Å²) in [6.07, 6.45) is -1.54. The number of hydrogen-bond donors (Lipinski definition) is 1. The normalized spacial score (nSPS) is 49.2. The molecule has 1 saturated heterocycles. The summed E-state index contributed by atoms with van der Waals surface area (Å²) in [7, 11) is 0. The summed E-state index contributed by atoms with van der Waals surface area (Å²) < 4.78 is 18.5. The lowest BCUT2D eigenvalue weighted by Crippen LogP contribution is -2.46. The maximum Gasteiger partial charge on any atom is 0.157 e. The van der Waals surface area contributed by atoms with Gasteiger partial charge in [0.05, 0.1) is 6.10 Å². The Bertz CT molecular complexity index is 147. The molecule has 1 aliphatic heterocycles. The van der Waals surface area contributed by atoms with Gasteiger partial charge in [0.25, 0.3) is 0 Å². The lowest BCUT2D eigenvalue weighted by molar-refractivity contribution is -0.229. The monoisotopic (exact) mass is 176 g/mol. The zero-order chi connectivity index (χ0) is 9.30. The van der Waals surface area contributed by atoms with E-state index in [9.17, 15) is 9.50 Å². The Labute approximate surface area is 72.7 Å². The first-order valence-corrected chi connectivity index (χ1v) is 4.55. The summed E-state index contributed by atoms with van der Waals surface area (Å²) in [4.78, 5) is 0. The highest BCUT2D eigenvalue weighted by atomic mass is 19.1. The SMILES string of the molecule is CCC1OC(O)[C@@H](C)C(C)[C@@H]1F. The zero-order valence-electron chi connectivity index (χ0n) is 7.83. The molecule has 1 rings (SSSR count). The maximum absolute atomic E-state index is 13.4. The Morgan fingerprint density at radius 3 is 2.42 bits per heavy atom. The van der Waals surface area contributed by atoms with Crippen molar-refractivity contribution in [3.05, 3.63) is 0 Å². The van der Waals surface area contributed by atoms with Crippen molar-refractivity contribution in [3.8, 4) is 0 Å². The predicted molar refractivity (Wildman–Crippen MR) is 44.4 cm³/mol. The van der Waals surface area contributed by atoms with E-state index in [0.29, 0.717) is 6.42 Å². The topological polar surface area (TPSA) is 29.5 Å². The standard InChI is InChI=1S/C9H17FO2/c1-4-7-8(10)5(2)6(3)9(11)12-7/h5-9,11H,4H2,1-3H3/t5?,6-,7?,8-,9?/m0/s1. The highest BCUT2D eigenvalue weighted by Crippen LogP contribution is 2.32. The molecule has 2 nitrogen and oxygen atoms in total. The molecule has 0 radical (unpaired) electrons. The van der Waals surface area contributed by atoms with Gasteiger partial charge < -0.3 is 9.84 Å². The quantitative estimate of drug-likeness (QED) is 0.659. The third kappa shape index (κ3) is 1.62. The van der Waals surface area contributed by atoms with Crippen LogP contribution in [0.1, 0.15) is 27.2 Å². The van der Waals surface area contributed by atoms with Gasteiger partial charge in [0, 0.05) is 5.92 Å². The molecule has 72 valence electrons. The van der Waals surface area contributed by atoms with Crippen LogP contribution in [0, 0.1) is 11.8 Å². The molecule has 0 amide bonds. The molecule has 5 atom stereocenters. The second kappa shape index (κ2) is 3.71. The molecule has 0 aromatic rings. The molecule has 1 N–H and O–H groups in total. The van der Waals surface area contributed by atoms with Gasteiger partial charge in [-0.15, -0.1) is 0 Å². The largest absolute Gasteiger partial charge is 0.368 e. The number of hydrogen-bond acceptors (Lipinski definition) is 2. The van der Waals surface area contributed by atoms with E-state index >= 15 is 0 Å². The smallest absolute Gasteiger partial charge is 0.157 e. The number of alkyl halides is 1. The Balaban J connectivity index is 2.63. The summed E-state index contributed by atoms with van der Waals surface area (Å²) in [6, 6.07) is 0. The Hall–Kier alpha value is -0.150. The van der Waals surface area contributed by atoms with Crippen LogP contribution < -0.4 is 0 Å². The van der Waals surface area contributed by atoms with Crippen molar-refractivity contribution in [2.75, 3.05) is 0 Å². The second-order valence-corrected chi connectivity index (χ2v) is 3.64. The molecule has 1 aliphatic rings. The average Bonchev–Trinajstić information content (AvgIpc) is 2.08. The Kier molecular flexibility index (Phi) is 3.07. The minimum absolute atomic E-state index is 0.109. The van der Waals surface area contributed by atoms with Crippen molar-refractivity contribution in [3.63, 3.8) is 0 Å². The van der Waals surface area contributed by atoms with Gasteiger partial charge in [0.2, 0.25) is 0 Å². The molecule has 0 saturated carbocycles. The molecule has 0 aromatic heterocycles. The van der Waals surface area contributed by atoms with Gasteiger partial charge in [-0.2, -0.15) is 0 Å². The van der Waals surface area contributed by atoms with Gasteiger partial charge in [0.15, 0.2) is 6.29 Å². The van der Waals surface area contributed by atoms with Crippen molar-refractivity contribution in [2.45, 2.75) is 45.8 Å². The number of aliphatic hydroxyl groups is 1. The van der Waals surface area contributed by atoms with Crippen molar-refractivity contribution in [2.24, 2.45) is 11.8 Å². The minimum Gasteiger partial charge on any atom is -0.368 e. The van der Waals surface area contributed by atoms with Gasteiger partial charge in [-0.05, 0) is 12.3 Å². The summed E-state index contributed by atoms with van der Waals surface area (Å²) in [5, 5.41) is 9.38. The first-order chi connectivity index (χ1) is 5.57. The molecule has 3 unspecified atom stereocenters. The van der Waals surface area contributed by atoms with Gasteiger partial charge in [-0.25, -0.2) is 4.39 Å². The van der Waals surface area contributed by atoms with Crippen LogP contribution >= 0.6 is 0 Å². The lowest BCUT2D eigenvalue weighted by Gasteiger charge is -2.38. The van der Waals surface area contributed by atoms with E-state index in [4.69, 9.17) is 4.74 Å². The third-order valence-electron chi connectivity index (χ3n) is 2.85. The van der Waals surface area contributed by atoms with Crippen molar-refractivity contribution < 1.29 is 14.2 Å². The predicted octanol–water partition coefficient (Wildman–Crippen LogP) is 1.72. The summed E-state index contributed by atoms with van der Waals surface area (Å²) in [5.41, 5.74) is 0. The molecule has 0 aromatic carbocycles. The van der Waals surface area contributed by atoms with Gasteiger partial charge in [-0.3, -0.25) is 0 Å². The van der Waals surface area contributed by atoms with E-state index < -0.39 is 18.6 Å². The molecule has 1 heterocycles. The third-order valence-corrected chi connectivity index (χ3v) is 2.85.